The van der Waals surface area contributed by atoms with Gasteiger partial charge in [-0.1, -0.05) is 37.6 Å². The van der Waals surface area contributed by atoms with Gasteiger partial charge in [0.1, 0.15) is 0 Å². The predicted molar refractivity (Wildman–Crippen MR) is 73.5 cm³/mol. The smallest absolute Gasteiger partial charge is 0.0940 e. The highest BCUT2D eigenvalue weighted by molar-refractivity contribution is 6.31. The highest BCUT2D eigenvalue weighted by atomic mass is 35.5. The Labute approximate surface area is 109 Å². The minimum atomic E-state index is -0.496. The van der Waals surface area contributed by atoms with Gasteiger partial charge in [0.15, 0.2) is 0 Å². The number of benzene rings is 1. The van der Waals surface area contributed by atoms with E-state index in [0.717, 1.165) is 22.7 Å². The Morgan fingerprint density at radius 1 is 1.29 bits per heavy atom. The fourth-order valence-corrected chi connectivity index (χ4v) is 1.79. The summed E-state index contributed by atoms with van der Waals surface area (Å²) in [6, 6.07) is 5.71. The molecule has 3 heteroatoms. The van der Waals surface area contributed by atoms with Gasteiger partial charge in [-0.15, -0.1) is 0 Å². The molecule has 2 nitrogen and oxygen atoms in total. The first-order chi connectivity index (χ1) is 7.91. The van der Waals surface area contributed by atoms with E-state index in [-0.39, 0.29) is 6.04 Å². The molecule has 96 valence electrons. The van der Waals surface area contributed by atoms with Crippen LogP contribution < -0.4 is 5.32 Å². The zero-order valence-corrected chi connectivity index (χ0v) is 11.8. The van der Waals surface area contributed by atoms with Gasteiger partial charge in [-0.05, 0) is 43.5 Å². The maximum atomic E-state index is 10.2. The lowest BCUT2D eigenvalue weighted by Gasteiger charge is -2.22. The van der Waals surface area contributed by atoms with Crippen molar-refractivity contribution in [2.45, 2.75) is 39.8 Å². The third-order valence-electron chi connectivity index (χ3n) is 2.85. The van der Waals surface area contributed by atoms with Crippen LogP contribution in [0.2, 0.25) is 5.02 Å². The van der Waals surface area contributed by atoms with Crippen LogP contribution in [-0.2, 0) is 0 Å². The van der Waals surface area contributed by atoms with Gasteiger partial charge in [-0.3, -0.25) is 0 Å². The van der Waals surface area contributed by atoms with E-state index < -0.39 is 6.10 Å². The first kappa shape index (κ1) is 14.5. The molecule has 0 spiro atoms. The van der Waals surface area contributed by atoms with Crippen LogP contribution in [0.3, 0.4) is 0 Å². The van der Waals surface area contributed by atoms with Crippen molar-refractivity contribution >= 4 is 11.6 Å². The second-order valence-electron chi connectivity index (χ2n) is 5.04. The van der Waals surface area contributed by atoms with E-state index in [2.05, 4.69) is 19.2 Å². The van der Waals surface area contributed by atoms with E-state index in [9.17, 15) is 5.11 Å². The van der Waals surface area contributed by atoms with Gasteiger partial charge in [-0.2, -0.15) is 0 Å². The van der Waals surface area contributed by atoms with E-state index >= 15 is 0 Å². The molecule has 0 aromatic heterocycles. The summed E-state index contributed by atoms with van der Waals surface area (Å²) in [4.78, 5) is 0. The Hall–Kier alpha value is -0.570. The number of aryl methyl sites for hydroxylation is 1. The topological polar surface area (TPSA) is 32.3 Å². The Kier molecular flexibility index (Phi) is 5.44. The number of halogens is 1. The lowest BCUT2D eigenvalue weighted by molar-refractivity contribution is 0.134. The second kappa shape index (κ2) is 6.39. The van der Waals surface area contributed by atoms with Crippen molar-refractivity contribution in [3.63, 3.8) is 0 Å². The monoisotopic (exact) mass is 255 g/mol. The van der Waals surface area contributed by atoms with Crippen molar-refractivity contribution in [3.05, 3.63) is 34.3 Å². The average Bonchev–Trinajstić information content (AvgIpc) is 2.28. The Morgan fingerprint density at radius 2 is 1.94 bits per heavy atom. The molecule has 0 aliphatic carbocycles. The van der Waals surface area contributed by atoms with Crippen LogP contribution in [0.4, 0.5) is 0 Å². The van der Waals surface area contributed by atoms with E-state index in [4.69, 9.17) is 11.6 Å². The van der Waals surface area contributed by atoms with Gasteiger partial charge in [0.2, 0.25) is 0 Å². The summed E-state index contributed by atoms with van der Waals surface area (Å²) in [5.41, 5.74) is 1.91. The molecule has 0 heterocycles. The average molecular weight is 256 g/mol. The Bertz CT molecular complexity index is 365. The van der Waals surface area contributed by atoms with Crippen LogP contribution >= 0.6 is 11.6 Å². The molecule has 0 fully saturated rings. The molecule has 2 N–H and O–H groups in total. The summed E-state index contributed by atoms with van der Waals surface area (Å²) < 4.78 is 0. The molecule has 2 unspecified atom stereocenters. The molecule has 0 amide bonds. The molecule has 1 aromatic rings. The number of aliphatic hydroxyl groups excluding tert-OH is 1. The summed E-state index contributed by atoms with van der Waals surface area (Å²) in [6.07, 6.45) is -0.496. The third kappa shape index (κ3) is 4.30. The van der Waals surface area contributed by atoms with Gasteiger partial charge in [0, 0.05) is 11.1 Å². The molecule has 0 aliphatic rings. The molecule has 2 atom stereocenters. The lowest BCUT2D eigenvalue weighted by Crippen LogP contribution is -2.34. The van der Waals surface area contributed by atoms with Crippen molar-refractivity contribution in [2.24, 2.45) is 5.92 Å². The molecule has 0 aliphatic heterocycles. The third-order valence-corrected chi connectivity index (χ3v) is 3.27. The molecular formula is C14H22ClNO. The highest BCUT2D eigenvalue weighted by Crippen LogP contribution is 2.22. The zero-order chi connectivity index (χ0) is 13.0. The van der Waals surface area contributed by atoms with Crippen molar-refractivity contribution in [3.8, 4) is 0 Å². The highest BCUT2D eigenvalue weighted by Gasteiger charge is 2.16. The van der Waals surface area contributed by atoms with Gasteiger partial charge in [0.25, 0.3) is 0 Å². The molecule has 0 saturated carbocycles. The van der Waals surface area contributed by atoms with Crippen molar-refractivity contribution in [2.75, 3.05) is 6.54 Å². The number of nitrogens with one attached hydrogen (secondary N) is 1. The normalized spacial score (nSPS) is 15.0. The van der Waals surface area contributed by atoms with E-state index in [1.807, 2.05) is 32.0 Å². The van der Waals surface area contributed by atoms with Crippen LogP contribution in [0.25, 0.3) is 0 Å². The van der Waals surface area contributed by atoms with Gasteiger partial charge in [-0.25, -0.2) is 0 Å². The molecule has 17 heavy (non-hydrogen) atoms. The zero-order valence-electron chi connectivity index (χ0n) is 11.0. The first-order valence-electron chi connectivity index (χ1n) is 6.09. The van der Waals surface area contributed by atoms with Crippen LogP contribution in [0.5, 0.6) is 0 Å². The van der Waals surface area contributed by atoms with Gasteiger partial charge < -0.3 is 10.4 Å². The van der Waals surface area contributed by atoms with Gasteiger partial charge in [0.05, 0.1) is 6.10 Å². The first-order valence-corrected chi connectivity index (χ1v) is 6.47. The summed E-state index contributed by atoms with van der Waals surface area (Å²) in [5.74, 6) is 0.580. The second-order valence-corrected chi connectivity index (χ2v) is 5.45. The molecule has 0 saturated heterocycles. The largest absolute Gasteiger partial charge is 0.387 e. The lowest BCUT2D eigenvalue weighted by atomic mass is 10.0. The van der Waals surface area contributed by atoms with Crippen molar-refractivity contribution in [1.82, 2.24) is 5.32 Å². The quantitative estimate of drug-likeness (QED) is 0.846. The maximum Gasteiger partial charge on any atom is 0.0940 e. The van der Waals surface area contributed by atoms with Crippen LogP contribution in [0, 0.1) is 12.8 Å². The minimum Gasteiger partial charge on any atom is -0.387 e. The van der Waals surface area contributed by atoms with Crippen LogP contribution in [0.15, 0.2) is 18.2 Å². The van der Waals surface area contributed by atoms with Crippen LogP contribution in [0.1, 0.15) is 38.0 Å². The summed E-state index contributed by atoms with van der Waals surface area (Å²) >= 11 is 5.97. The van der Waals surface area contributed by atoms with E-state index in [1.54, 1.807) is 0 Å². The molecule has 1 aromatic carbocycles. The number of hydrogen-bond acceptors (Lipinski definition) is 2. The number of aliphatic hydroxyl groups is 1. The predicted octanol–water partition coefficient (Wildman–Crippen LogP) is 3.32. The van der Waals surface area contributed by atoms with Crippen molar-refractivity contribution in [1.29, 1.82) is 0 Å². The minimum absolute atomic E-state index is 0.0398. The molecule has 0 bridgehead atoms. The Morgan fingerprint density at radius 3 is 2.47 bits per heavy atom. The standard InChI is InChI=1S/C14H22ClNO/c1-9(2)8-16-11(4)14(17)12-5-6-13(15)10(3)7-12/h5-7,9,11,14,16-17H,8H2,1-4H3. The summed E-state index contributed by atoms with van der Waals surface area (Å²) in [7, 11) is 0. The number of rotatable bonds is 5. The summed E-state index contributed by atoms with van der Waals surface area (Å²) in [6.45, 7) is 9.16. The van der Waals surface area contributed by atoms with Crippen LogP contribution in [-0.4, -0.2) is 17.7 Å². The number of hydrogen-bond donors (Lipinski definition) is 2. The molecule has 1 rings (SSSR count). The summed E-state index contributed by atoms with van der Waals surface area (Å²) in [5, 5.41) is 14.3. The van der Waals surface area contributed by atoms with Crippen molar-refractivity contribution < 1.29 is 5.11 Å². The Balaban J connectivity index is 2.67. The van der Waals surface area contributed by atoms with E-state index in [0.29, 0.717) is 5.92 Å². The molecule has 0 radical (unpaired) electrons. The van der Waals surface area contributed by atoms with Gasteiger partial charge >= 0.3 is 0 Å². The fourth-order valence-electron chi connectivity index (χ4n) is 1.67. The van der Waals surface area contributed by atoms with E-state index in [1.165, 1.54) is 0 Å². The SMILES string of the molecule is Cc1cc(C(O)C(C)NCC(C)C)ccc1Cl. The molecular weight excluding hydrogens is 234 g/mol. The maximum absolute atomic E-state index is 10.2. The fraction of sp³-hybridized carbons (Fsp3) is 0.571.